The lowest BCUT2D eigenvalue weighted by atomic mass is 9.93. The van der Waals surface area contributed by atoms with Crippen LogP contribution in [0.2, 0.25) is 0 Å². The number of para-hydroxylation sites is 1. The van der Waals surface area contributed by atoms with Crippen LogP contribution in [0, 0.1) is 0 Å². The SMILES string of the molecule is O=C1Nc2ccccc2/C1=C1\OCc2cc(CCN(CCO)C3CCCCC3)ccc21. The van der Waals surface area contributed by atoms with Crippen molar-refractivity contribution in [2.45, 2.75) is 51.2 Å². The molecule has 0 spiro atoms. The molecule has 0 radical (unpaired) electrons. The summed E-state index contributed by atoms with van der Waals surface area (Å²) in [5, 5.41) is 12.5. The summed E-state index contributed by atoms with van der Waals surface area (Å²) in [7, 11) is 0. The number of fused-ring (bicyclic) bond motifs is 2. The molecule has 0 saturated heterocycles. The van der Waals surface area contributed by atoms with Crippen molar-refractivity contribution >= 4 is 22.9 Å². The number of amides is 1. The third-order valence-corrected chi connectivity index (χ3v) is 6.85. The first-order chi connectivity index (χ1) is 15.2. The second-order valence-electron chi connectivity index (χ2n) is 8.79. The van der Waals surface area contributed by atoms with Crippen molar-refractivity contribution < 1.29 is 14.6 Å². The number of nitrogens with zero attached hydrogens (tertiary/aromatic N) is 1. The molecular weight excluding hydrogens is 388 g/mol. The number of hydrogen-bond acceptors (Lipinski definition) is 4. The molecule has 31 heavy (non-hydrogen) atoms. The number of hydrogen-bond donors (Lipinski definition) is 2. The van der Waals surface area contributed by atoms with Crippen molar-refractivity contribution in [2.75, 3.05) is 25.0 Å². The van der Waals surface area contributed by atoms with E-state index in [1.54, 1.807) is 0 Å². The van der Waals surface area contributed by atoms with Gasteiger partial charge in [0.25, 0.3) is 5.91 Å². The summed E-state index contributed by atoms with van der Waals surface area (Å²) in [6, 6.07) is 14.8. The fraction of sp³-hybridized carbons (Fsp3) is 0.423. The Morgan fingerprint density at radius 2 is 1.87 bits per heavy atom. The summed E-state index contributed by atoms with van der Waals surface area (Å²) >= 11 is 0. The lowest BCUT2D eigenvalue weighted by Gasteiger charge is -2.34. The number of anilines is 1. The fourth-order valence-electron chi connectivity index (χ4n) is 5.24. The number of aliphatic hydroxyl groups excluding tert-OH is 1. The van der Waals surface area contributed by atoms with Crippen LogP contribution in [-0.2, 0) is 22.6 Å². The Morgan fingerprint density at radius 1 is 1.03 bits per heavy atom. The maximum Gasteiger partial charge on any atom is 0.260 e. The first-order valence-corrected chi connectivity index (χ1v) is 11.5. The zero-order valence-corrected chi connectivity index (χ0v) is 17.9. The van der Waals surface area contributed by atoms with Crippen molar-refractivity contribution in [1.29, 1.82) is 0 Å². The van der Waals surface area contributed by atoms with Crippen LogP contribution in [0.1, 0.15) is 54.4 Å². The molecule has 1 amide bonds. The predicted molar refractivity (Wildman–Crippen MR) is 122 cm³/mol. The van der Waals surface area contributed by atoms with Crippen LogP contribution in [-0.4, -0.2) is 41.7 Å². The Kier molecular flexibility index (Phi) is 5.79. The lowest BCUT2D eigenvalue weighted by molar-refractivity contribution is -0.110. The van der Waals surface area contributed by atoms with Gasteiger partial charge in [0.2, 0.25) is 0 Å². The topological polar surface area (TPSA) is 61.8 Å². The first-order valence-electron chi connectivity index (χ1n) is 11.5. The van der Waals surface area contributed by atoms with Gasteiger partial charge in [0, 0.05) is 41.5 Å². The molecule has 162 valence electrons. The van der Waals surface area contributed by atoms with Crippen molar-refractivity contribution in [2.24, 2.45) is 0 Å². The van der Waals surface area contributed by atoms with Crippen LogP contribution in [0.3, 0.4) is 0 Å². The van der Waals surface area contributed by atoms with E-state index in [2.05, 4.69) is 28.4 Å². The first kappa shape index (κ1) is 20.3. The van der Waals surface area contributed by atoms with Crippen LogP contribution in [0.4, 0.5) is 5.69 Å². The fourth-order valence-corrected chi connectivity index (χ4v) is 5.24. The smallest absolute Gasteiger partial charge is 0.260 e. The highest BCUT2D eigenvalue weighted by molar-refractivity contribution is 6.36. The molecule has 1 aliphatic carbocycles. The Bertz CT molecular complexity index is 1010. The van der Waals surface area contributed by atoms with Crippen LogP contribution < -0.4 is 5.32 Å². The second-order valence-corrected chi connectivity index (χ2v) is 8.79. The highest BCUT2D eigenvalue weighted by Crippen LogP contribution is 2.41. The van der Waals surface area contributed by atoms with Gasteiger partial charge >= 0.3 is 0 Å². The van der Waals surface area contributed by atoms with E-state index in [-0.39, 0.29) is 12.5 Å². The molecule has 0 unspecified atom stereocenters. The molecule has 2 aliphatic heterocycles. The number of aliphatic hydroxyl groups is 1. The predicted octanol–water partition coefficient (Wildman–Crippen LogP) is 4.21. The van der Waals surface area contributed by atoms with Gasteiger partial charge in [-0.25, -0.2) is 0 Å². The lowest BCUT2D eigenvalue weighted by Crippen LogP contribution is -2.40. The monoisotopic (exact) mass is 418 g/mol. The van der Waals surface area contributed by atoms with Crippen molar-refractivity contribution in [1.82, 2.24) is 4.90 Å². The van der Waals surface area contributed by atoms with Gasteiger partial charge in [0.1, 0.15) is 12.4 Å². The van der Waals surface area contributed by atoms with Crippen molar-refractivity contribution in [3.8, 4) is 0 Å². The minimum absolute atomic E-state index is 0.0970. The molecule has 0 bridgehead atoms. The average Bonchev–Trinajstić information content (AvgIpc) is 3.36. The molecule has 5 rings (SSSR count). The molecule has 2 heterocycles. The molecular formula is C26H30N2O3. The Hall–Kier alpha value is -2.63. The summed E-state index contributed by atoms with van der Waals surface area (Å²) in [4.78, 5) is 15.1. The highest BCUT2D eigenvalue weighted by Gasteiger charge is 2.32. The number of rotatable bonds is 6. The van der Waals surface area contributed by atoms with E-state index in [4.69, 9.17) is 4.74 Å². The molecule has 5 heteroatoms. The third-order valence-electron chi connectivity index (χ3n) is 6.85. The quantitative estimate of drug-likeness (QED) is 0.690. The van der Waals surface area contributed by atoms with Gasteiger partial charge < -0.3 is 15.2 Å². The molecule has 1 fully saturated rings. The van der Waals surface area contributed by atoms with Gasteiger partial charge in [-0.15, -0.1) is 0 Å². The number of nitrogens with one attached hydrogen (secondary N) is 1. The largest absolute Gasteiger partial charge is 0.487 e. The Labute approximate surface area is 183 Å². The maximum atomic E-state index is 12.6. The molecule has 5 nitrogen and oxygen atoms in total. The molecule has 0 aromatic heterocycles. The Morgan fingerprint density at radius 3 is 2.71 bits per heavy atom. The normalized spacial score (nSPS) is 20.5. The van der Waals surface area contributed by atoms with Crippen molar-refractivity contribution in [3.05, 3.63) is 64.7 Å². The standard InChI is InChI=1S/C26H30N2O3/c29-15-14-28(20-6-2-1-3-7-20)13-12-18-10-11-21-19(16-18)17-31-25(21)24-22-8-4-5-9-23(22)27-26(24)30/h4-5,8-11,16,20,29H,1-3,6-7,12-15,17H2,(H,27,30)/b25-24+. The second kappa shape index (κ2) is 8.85. The van der Waals surface area contributed by atoms with E-state index >= 15 is 0 Å². The van der Waals surface area contributed by atoms with E-state index in [1.807, 2.05) is 24.3 Å². The zero-order chi connectivity index (χ0) is 21.2. The molecule has 3 aliphatic rings. The third kappa shape index (κ3) is 4.00. The van der Waals surface area contributed by atoms with E-state index in [0.29, 0.717) is 24.0 Å². The van der Waals surface area contributed by atoms with E-state index < -0.39 is 0 Å². The Balaban J connectivity index is 1.35. The van der Waals surface area contributed by atoms with Gasteiger partial charge in [-0.1, -0.05) is 55.7 Å². The molecule has 2 aromatic rings. The van der Waals surface area contributed by atoms with Crippen molar-refractivity contribution in [3.63, 3.8) is 0 Å². The van der Waals surface area contributed by atoms with E-state index in [9.17, 15) is 9.90 Å². The zero-order valence-electron chi connectivity index (χ0n) is 17.9. The minimum atomic E-state index is -0.0970. The van der Waals surface area contributed by atoms with Gasteiger partial charge in [-0.2, -0.15) is 0 Å². The number of ether oxygens (including phenoxy) is 1. The molecule has 1 saturated carbocycles. The van der Waals surface area contributed by atoms with E-state index in [1.165, 1.54) is 37.7 Å². The average molecular weight is 419 g/mol. The summed E-state index contributed by atoms with van der Waals surface area (Å²) in [6.45, 7) is 2.44. The number of carbonyl (C=O) groups excluding carboxylic acids is 1. The van der Waals surface area contributed by atoms with Gasteiger partial charge in [0.15, 0.2) is 0 Å². The summed E-state index contributed by atoms with van der Waals surface area (Å²) in [6.07, 6.45) is 7.40. The maximum absolute atomic E-state index is 12.6. The molecule has 2 aromatic carbocycles. The van der Waals surface area contributed by atoms with Gasteiger partial charge in [-0.3, -0.25) is 9.69 Å². The minimum Gasteiger partial charge on any atom is -0.487 e. The number of carbonyl (C=O) groups is 1. The highest BCUT2D eigenvalue weighted by atomic mass is 16.5. The summed E-state index contributed by atoms with van der Waals surface area (Å²) in [5.74, 6) is 0.591. The summed E-state index contributed by atoms with van der Waals surface area (Å²) in [5.41, 5.74) is 5.83. The van der Waals surface area contributed by atoms with Crippen LogP contribution in [0.15, 0.2) is 42.5 Å². The number of benzene rings is 2. The van der Waals surface area contributed by atoms with Gasteiger partial charge in [0.05, 0.1) is 12.2 Å². The van der Waals surface area contributed by atoms with Crippen LogP contribution in [0.25, 0.3) is 11.3 Å². The molecule has 0 atom stereocenters. The van der Waals surface area contributed by atoms with Gasteiger partial charge in [-0.05, 0) is 30.9 Å². The van der Waals surface area contributed by atoms with Crippen LogP contribution in [0.5, 0.6) is 0 Å². The van der Waals surface area contributed by atoms with Crippen LogP contribution >= 0.6 is 0 Å². The van der Waals surface area contributed by atoms with E-state index in [0.717, 1.165) is 41.9 Å². The molecule has 2 N–H and O–H groups in total. The summed E-state index contributed by atoms with van der Waals surface area (Å²) < 4.78 is 6.02.